The van der Waals surface area contributed by atoms with Crippen LogP contribution < -0.4 is 0 Å². The molecule has 0 aliphatic carbocycles. The number of ether oxygens (including phenoxy) is 1. The van der Waals surface area contributed by atoms with Crippen molar-refractivity contribution in [2.45, 2.75) is 50.6 Å². The number of carbonyl (C=O) groups is 1. The maximum atomic E-state index is 11.9. The molecular weight excluding hydrogens is 446 g/mol. The van der Waals surface area contributed by atoms with Crippen LogP contribution in [0.1, 0.15) is 53.8 Å². The largest absolute Gasteiger partial charge is 0.465 e. The number of hydrogen-bond acceptors (Lipinski definition) is 6. The van der Waals surface area contributed by atoms with Gasteiger partial charge in [0.15, 0.2) is 11.0 Å². The number of rotatable bonds is 7. The summed E-state index contributed by atoms with van der Waals surface area (Å²) in [6, 6.07) is 20.5. The zero-order chi connectivity index (χ0) is 24.3. The van der Waals surface area contributed by atoms with E-state index in [1.54, 1.807) is 13.0 Å². The van der Waals surface area contributed by atoms with Crippen molar-refractivity contribution in [2.75, 3.05) is 7.11 Å². The molecule has 7 heteroatoms. The predicted molar refractivity (Wildman–Crippen MR) is 134 cm³/mol. The number of thioether (sulfide) groups is 1. The first-order valence-electron chi connectivity index (χ1n) is 11.1. The van der Waals surface area contributed by atoms with E-state index in [1.807, 2.05) is 18.2 Å². The smallest absolute Gasteiger partial charge is 0.341 e. The van der Waals surface area contributed by atoms with Gasteiger partial charge in [-0.3, -0.25) is 4.57 Å². The van der Waals surface area contributed by atoms with E-state index < -0.39 is 5.97 Å². The molecule has 34 heavy (non-hydrogen) atoms. The van der Waals surface area contributed by atoms with Gasteiger partial charge in [-0.15, -0.1) is 10.2 Å². The van der Waals surface area contributed by atoms with Crippen molar-refractivity contribution in [3.8, 4) is 11.4 Å². The number of furan rings is 1. The summed E-state index contributed by atoms with van der Waals surface area (Å²) in [5.74, 6) is 2.18. The van der Waals surface area contributed by atoms with Gasteiger partial charge in [0.05, 0.1) is 19.4 Å². The maximum absolute atomic E-state index is 11.9. The SMILES string of the molecule is COC(=O)c1cc(CSc2nnc(-c3ccc(C(C)(C)C)cc3)n2Cc2ccccc2)oc1C. The van der Waals surface area contributed by atoms with Crippen LogP contribution in [0.2, 0.25) is 0 Å². The molecule has 0 N–H and O–H groups in total. The molecule has 2 aromatic carbocycles. The van der Waals surface area contributed by atoms with Gasteiger partial charge in [0, 0.05) is 5.56 Å². The summed E-state index contributed by atoms with van der Waals surface area (Å²) in [5.41, 5.74) is 3.99. The van der Waals surface area contributed by atoms with Gasteiger partial charge in [-0.05, 0) is 29.5 Å². The van der Waals surface area contributed by atoms with Crippen LogP contribution in [-0.4, -0.2) is 27.8 Å². The Hall–Kier alpha value is -3.32. The highest BCUT2D eigenvalue weighted by Gasteiger charge is 2.19. The predicted octanol–water partition coefficient (Wildman–Crippen LogP) is 6.27. The lowest BCUT2D eigenvalue weighted by Crippen LogP contribution is -2.10. The zero-order valence-electron chi connectivity index (χ0n) is 20.2. The second kappa shape index (κ2) is 9.89. The number of nitrogens with zero attached hydrogens (tertiary/aromatic N) is 3. The number of hydrogen-bond donors (Lipinski definition) is 0. The minimum absolute atomic E-state index is 0.0848. The lowest BCUT2D eigenvalue weighted by atomic mass is 9.87. The fraction of sp³-hybridized carbons (Fsp3) is 0.296. The van der Waals surface area contributed by atoms with Crippen LogP contribution in [-0.2, 0) is 22.4 Å². The van der Waals surface area contributed by atoms with Crippen LogP contribution in [0.25, 0.3) is 11.4 Å². The van der Waals surface area contributed by atoms with Gasteiger partial charge in [0.2, 0.25) is 0 Å². The van der Waals surface area contributed by atoms with Crippen molar-refractivity contribution in [2.24, 2.45) is 0 Å². The molecule has 0 aliphatic heterocycles. The van der Waals surface area contributed by atoms with E-state index in [0.29, 0.717) is 29.4 Å². The van der Waals surface area contributed by atoms with E-state index in [4.69, 9.17) is 9.15 Å². The highest BCUT2D eigenvalue weighted by atomic mass is 32.2. The lowest BCUT2D eigenvalue weighted by molar-refractivity contribution is 0.0599. The summed E-state index contributed by atoms with van der Waals surface area (Å²) in [4.78, 5) is 11.9. The van der Waals surface area contributed by atoms with Crippen LogP contribution in [0, 0.1) is 6.92 Å². The average molecular weight is 476 g/mol. The van der Waals surface area contributed by atoms with Crippen molar-refractivity contribution in [1.82, 2.24) is 14.8 Å². The van der Waals surface area contributed by atoms with Crippen LogP contribution in [0.15, 0.2) is 70.2 Å². The van der Waals surface area contributed by atoms with E-state index in [1.165, 1.54) is 30.0 Å². The standard InChI is InChI=1S/C27H29N3O3S/c1-18-23(25(31)32-5)15-22(33-18)17-34-26-29-28-24(30(26)16-19-9-7-6-8-10-19)20-11-13-21(14-12-20)27(2,3)4/h6-15H,16-17H2,1-5H3. The topological polar surface area (TPSA) is 70.2 Å². The summed E-state index contributed by atoms with van der Waals surface area (Å²) in [6.07, 6.45) is 0. The summed E-state index contributed by atoms with van der Waals surface area (Å²) < 4.78 is 12.7. The summed E-state index contributed by atoms with van der Waals surface area (Å²) in [7, 11) is 1.37. The van der Waals surface area contributed by atoms with E-state index in [9.17, 15) is 4.79 Å². The monoisotopic (exact) mass is 475 g/mol. The molecule has 4 aromatic rings. The van der Waals surface area contributed by atoms with E-state index in [2.05, 4.69) is 71.9 Å². The zero-order valence-corrected chi connectivity index (χ0v) is 21.0. The Morgan fingerprint density at radius 1 is 1.06 bits per heavy atom. The number of esters is 1. The average Bonchev–Trinajstić information content (AvgIpc) is 3.40. The van der Waals surface area contributed by atoms with Gasteiger partial charge in [0.25, 0.3) is 0 Å². The van der Waals surface area contributed by atoms with Crippen molar-refractivity contribution < 1.29 is 13.9 Å². The highest BCUT2D eigenvalue weighted by molar-refractivity contribution is 7.98. The molecule has 0 spiro atoms. The molecular formula is C27H29N3O3S. The molecule has 0 unspecified atom stereocenters. The quantitative estimate of drug-likeness (QED) is 0.232. The maximum Gasteiger partial charge on any atom is 0.341 e. The number of benzene rings is 2. The number of aryl methyl sites for hydroxylation is 1. The molecule has 4 rings (SSSR count). The van der Waals surface area contributed by atoms with Crippen LogP contribution in [0.3, 0.4) is 0 Å². The normalized spacial score (nSPS) is 11.6. The van der Waals surface area contributed by atoms with Gasteiger partial charge >= 0.3 is 5.97 Å². The number of carbonyl (C=O) groups excluding carboxylic acids is 1. The Balaban J connectivity index is 1.63. The minimum atomic E-state index is -0.397. The molecule has 0 bridgehead atoms. The van der Waals surface area contributed by atoms with Crippen LogP contribution in [0.5, 0.6) is 0 Å². The third-order valence-corrected chi connectivity index (χ3v) is 6.62. The van der Waals surface area contributed by atoms with Gasteiger partial charge in [-0.25, -0.2) is 4.79 Å². The van der Waals surface area contributed by atoms with E-state index >= 15 is 0 Å². The molecule has 0 saturated heterocycles. The molecule has 0 aliphatic rings. The molecule has 2 heterocycles. The lowest BCUT2D eigenvalue weighted by Gasteiger charge is -2.19. The van der Waals surface area contributed by atoms with E-state index in [0.717, 1.165) is 16.5 Å². The molecule has 0 saturated carbocycles. The van der Waals surface area contributed by atoms with Crippen molar-refractivity contribution in [3.63, 3.8) is 0 Å². The summed E-state index contributed by atoms with van der Waals surface area (Å²) in [5, 5.41) is 9.82. The summed E-state index contributed by atoms with van der Waals surface area (Å²) >= 11 is 1.53. The van der Waals surface area contributed by atoms with Gasteiger partial charge in [0.1, 0.15) is 17.1 Å². The van der Waals surface area contributed by atoms with E-state index in [-0.39, 0.29) is 5.41 Å². The molecule has 0 radical (unpaired) electrons. The first kappa shape index (κ1) is 23.8. The van der Waals surface area contributed by atoms with Gasteiger partial charge < -0.3 is 9.15 Å². The Bertz CT molecular complexity index is 1270. The summed E-state index contributed by atoms with van der Waals surface area (Å²) in [6.45, 7) is 9.03. The molecule has 0 fully saturated rings. The fourth-order valence-electron chi connectivity index (χ4n) is 3.70. The Kier molecular flexibility index (Phi) is 6.93. The van der Waals surface area contributed by atoms with Crippen LogP contribution >= 0.6 is 11.8 Å². The third kappa shape index (κ3) is 5.25. The Morgan fingerprint density at radius 2 is 1.76 bits per heavy atom. The second-order valence-corrected chi connectivity index (χ2v) is 10.1. The first-order valence-corrected chi connectivity index (χ1v) is 12.1. The number of methoxy groups -OCH3 is 1. The Morgan fingerprint density at radius 3 is 2.41 bits per heavy atom. The van der Waals surface area contributed by atoms with Gasteiger partial charge in [-0.1, -0.05) is 87.1 Å². The minimum Gasteiger partial charge on any atom is -0.465 e. The first-order chi connectivity index (χ1) is 16.3. The Labute approximate surface area is 204 Å². The fourth-order valence-corrected chi connectivity index (χ4v) is 4.52. The van der Waals surface area contributed by atoms with Gasteiger partial charge in [-0.2, -0.15) is 0 Å². The van der Waals surface area contributed by atoms with Crippen molar-refractivity contribution in [1.29, 1.82) is 0 Å². The molecule has 0 atom stereocenters. The third-order valence-electron chi connectivity index (χ3n) is 5.63. The second-order valence-electron chi connectivity index (χ2n) is 9.17. The van der Waals surface area contributed by atoms with Crippen LogP contribution in [0.4, 0.5) is 0 Å². The number of aromatic nitrogens is 3. The molecule has 176 valence electrons. The van der Waals surface area contributed by atoms with Crippen molar-refractivity contribution >= 4 is 17.7 Å². The highest BCUT2D eigenvalue weighted by Crippen LogP contribution is 2.30. The van der Waals surface area contributed by atoms with Crippen molar-refractivity contribution in [3.05, 3.63) is 88.9 Å². The molecule has 6 nitrogen and oxygen atoms in total. The molecule has 2 aromatic heterocycles. The molecule has 0 amide bonds.